The number of nitrogens with zero attached hydrogens (tertiary/aromatic N) is 1. The fraction of sp³-hybridized carbons (Fsp3) is 0.467. The van der Waals surface area contributed by atoms with Gasteiger partial charge in [-0.25, -0.2) is 13.2 Å². The van der Waals surface area contributed by atoms with Crippen LogP contribution in [0.3, 0.4) is 0 Å². The number of hydrogen-bond donors (Lipinski definition) is 3. The average Bonchev–Trinajstić information content (AvgIpc) is 2.80. The normalized spacial score (nSPS) is 25.0. The Kier molecular flexibility index (Phi) is 3.59. The maximum atomic E-state index is 13.1. The lowest BCUT2D eigenvalue weighted by Crippen LogP contribution is -2.42. The van der Waals surface area contributed by atoms with Gasteiger partial charge in [0.25, 0.3) is 5.56 Å². The minimum absolute atomic E-state index is 0.000406. The summed E-state index contributed by atoms with van der Waals surface area (Å²) >= 11 is 0. The monoisotopic (exact) mass is 350 g/mol. The maximum Gasteiger partial charge on any atom is 0.326 e. The summed E-state index contributed by atoms with van der Waals surface area (Å²) in [7, 11) is -3.69. The van der Waals surface area contributed by atoms with Gasteiger partial charge in [0.1, 0.15) is 0 Å². The number of nitrogens with one attached hydrogen (secondary N) is 3. The predicted octanol–water partition coefficient (Wildman–Crippen LogP) is -0.269. The second kappa shape index (κ2) is 5.54. The van der Waals surface area contributed by atoms with Gasteiger partial charge in [0.2, 0.25) is 10.0 Å². The predicted molar refractivity (Wildman–Crippen MR) is 88.5 cm³/mol. The van der Waals surface area contributed by atoms with E-state index in [1.165, 1.54) is 18.2 Å². The van der Waals surface area contributed by atoms with Gasteiger partial charge in [-0.1, -0.05) is 0 Å². The maximum absolute atomic E-state index is 13.1. The van der Waals surface area contributed by atoms with Crippen LogP contribution in [0.25, 0.3) is 10.9 Å². The largest absolute Gasteiger partial charge is 0.326 e. The van der Waals surface area contributed by atoms with Crippen LogP contribution in [-0.2, 0) is 10.0 Å². The molecular weight excluding hydrogens is 332 g/mol. The summed E-state index contributed by atoms with van der Waals surface area (Å²) in [5.74, 6) is 0. The summed E-state index contributed by atoms with van der Waals surface area (Å²) in [5.41, 5.74) is -0.880. The van der Waals surface area contributed by atoms with E-state index in [0.717, 1.165) is 25.8 Å². The van der Waals surface area contributed by atoms with Gasteiger partial charge in [0, 0.05) is 18.6 Å². The zero-order valence-corrected chi connectivity index (χ0v) is 13.7. The first kappa shape index (κ1) is 15.6. The van der Waals surface area contributed by atoms with Gasteiger partial charge in [-0.2, -0.15) is 4.31 Å². The molecule has 2 bridgehead atoms. The lowest BCUT2D eigenvalue weighted by atomic mass is 10.1. The molecule has 0 aliphatic carbocycles. The number of benzene rings is 1. The molecule has 2 aliphatic heterocycles. The van der Waals surface area contributed by atoms with E-state index in [4.69, 9.17) is 0 Å². The third kappa shape index (κ3) is 2.40. The number of rotatable bonds is 2. The molecule has 3 N–H and O–H groups in total. The van der Waals surface area contributed by atoms with Crippen LogP contribution in [0.4, 0.5) is 0 Å². The van der Waals surface area contributed by atoms with Crippen molar-refractivity contribution in [2.75, 3.05) is 13.1 Å². The van der Waals surface area contributed by atoms with Crippen molar-refractivity contribution in [2.45, 2.75) is 36.2 Å². The zero-order chi connectivity index (χ0) is 16.9. The summed E-state index contributed by atoms with van der Waals surface area (Å²) in [6.07, 6.45) is 2.50. The van der Waals surface area contributed by atoms with Crippen molar-refractivity contribution in [3.8, 4) is 0 Å². The second-order valence-electron chi connectivity index (χ2n) is 6.33. The van der Waals surface area contributed by atoms with Crippen molar-refractivity contribution in [1.29, 1.82) is 0 Å². The lowest BCUT2D eigenvalue weighted by molar-refractivity contribution is 0.334. The molecule has 9 heteroatoms. The van der Waals surface area contributed by atoms with Crippen LogP contribution in [0.5, 0.6) is 0 Å². The van der Waals surface area contributed by atoms with Gasteiger partial charge in [-0.3, -0.25) is 9.78 Å². The lowest BCUT2D eigenvalue weighted by Gasteiger charge is -2.26. The molecule has 2 fully saturated rings. The molecule has 2 unspecified atom stereocenters. The van der Waals surface area contributed by atoms with Crippen LogP contribution in [-0.4, -0.2) is 47.9 Å². The Morgan fingerprint density at radius 2 is 1.83 bits per heavy atom. The third-order valence-electron chi connectivity index (χ3n) is 4.87. The van der Waals surface area contributed by atoms with Gasteiger partial charge in [-0.15, -0.1) is 0 Å². The van der Waals surface area contributed by atoms with E-state index in [1.807, 2.05) is 0 Å². The molecule has 2 atom stereocenters. The Bertz CT molecular complexity index is 996. The molecule has 24 heavy (non-hydrogen) atoms. The zero-order valence-electron chi connectivity index (χ0n) is 12.9. The van der Waals surface area contributed by atoms with Crippen molar-refractivity contribution >= 4 is 20.9 Å². The van der Waals surface area contributed by atoms with E-state index in [-0.39, 0.29) is 22.4 Å². The first-order chi connectivity index (χ1) is 11.5. The van der Waals surface area contributed by atoms with Crippen molar-refractivity contribution in [3.63, 3.8) is 0 Å². The Morgan fingerprint density at radius 3 is 2.67 bits per heavy atom. The van der Waals surface area contributed by atoms with Crippen molar-refractivity contribution in [1.82, 2.24) is 19.6 Å². The van der Waals surface area contributed by atoms with Crippen molar-refractivity contribution in [2.24, 2.45) is 0 Å². The molecule has 2 saturated heterocycles. The molecule has 0 spiro atoms. The summed E-state index contributed by atoms with van der Waals surface area (Å²) in [4.78, 5) is 28.0. The highest BCUT2D eigenvalue weighted by atomic mass is 32.2. The number of sulfonamides is 1. The Labute approximate surface area is 137 Å². The van der Waals surface area contributed by atoms with Gasteiger partial charge in [-0.05, 0) is 44.0 Å². The minimum Gasteiger partial charge on any atom is -0.315 e. The molecule has 2 aliphatic rings. The average molecular weight is 350 g/mol. The van der Waals surface area contributed by atoms with E-state index < -0.39 is 21.3 Å². The Balaban J connectivity index is 1.84. The quantitative estimate of drug-likeness (QED) is 0.690. The topological polar surface area (TPSA) is 115 Å². The molecule has 1 aromatic carbocycles. The van der Waals surface area contributed by atoms with Gasteiger partial charge in [0.05, 0.1) is 15.8 Å². The van der Waals surface area contributed by atoms with Crippen LogP contribution in [0.15, 0.2) is 32.7 Å². The molecule has 1 aromatic heterocycles. The first-order valence-electron chi connectivity index (χ1n) is 7.97. The molecule has 128 valence electrons. The van der Waals surface area contributed by atoms with Crippen LogP contribution < -0.4 is 16.6 Å². The van der Waals surface area contributed by atoms with Gasteiger partial charge >= 0.3 is 5.69 Å². The van der Waals surface area contributed by atoms with E-state index >= 15 is 0 Å². The van der Waals surface area contributed by atoms with Crippen LogP contribution in [0, 0.1) is 0 Å². The number of H-pyrrole nitrogens is 2. The standard InChI is InChI=1S/C15H18N4O4S/c20-14-12-7-11(3-4-13(12)17-15(21)18-14)24(22,23)19-9-1-2-10(19)8-16-6-5-9/h3-4,7,9-10,16H,1-2,5-6,8H2,(H2,17,18,20,21). The van der Waals surface area contributed by atoms with E-state index in [2.05, 4.69) is 15.3 Å². The molecule has 2 aromatic rings. The number of aromatic amines is 2. The fourth-order valence-corrected chi connectivity index (χ4v) is 5.68. The molecule has 0 radical (unpaired) electrons. The molecule has 3 heterocycles. The Morgan fingerprint density at radius 1 is 1.04 bits per heavy atom. The van der Waals surface area contributed by atoms with Crippen molar-refractivity contribution < 1.29 is 8.42 Å². The number of aromatic nitrogens is 2. The van der Waals surface area contributed by atoms with Gasteiger partial charge in [0.15, 0.2) is 0 Å². The smallest absolute Gasteiger partial charge is 0.315 e. The SMILES string of the molecule is O=c1[nH]c(=O)c2cc(S(=O)(=O)N3C4CCNCC3CC4)ccc2[nH]1. The van der Waals surface area contributed by atoms with E-state index in [1.54, 1.807) is 4.31 Å². The molecule has 4 rings (SSSR count). The summed E-state index contributed by atoms with van der Waals surface area (Å²) < 4.78 is 27.9. The summed E-state index contributed by atoms with van der Waals surface area (Å²) in [6, 6.07) is 4.21. The second-order valence-corrected chi connectivity index (χ2v) is 8.17. The molecule has 0 saturated carbocycles. The van der Waals surface area contributed by atoms with Gasteiger partial charge < -0.3 is 10.3 Å². The first-order valence-corrected chi connectivity index (χ1v) is 9.41. The highest BCUT2D eigenvalue weighted by Crippen LogP contribution is 2.34. The van der Waals surface area contributed by atoms with E-state index in [9.17, 15) is 18.0 Å². The summed E-state index contributed by atoms with van der Waals surface area (Å²) in [5, 5.41) is 3.44. The molecule has 8 nitrogen and oxygen atoms in total. The number of hydrogen-bond acceptors (Lipinski definition) is 5. The molecular formula is C15H18N4O4S. The van der Waals surface area contributed by atoms with E-state index in [0.29, 0.717) is 12.1 Å². The summed E-state index contributed by atoms with van der Waals surface area (Å²) in [6.45, 7) is 1.46. The van der Waals surface area contributed by atoms with Crippen LogP contribution in [0.1, 0.15) is 19.3 Å². The fourth-order valence-electron chi connectivity index (χ4n) is 3.76. The highest BCUT2D eigenvalue weighted by molar-refractivity contribution is 7.89. The molecule has 0 amide bonds. The third-order valence-corrected chi connectivity index (χ3v) is 6.87. The van der Waals surface area contributed by atoms with Crippen LogP contribution in [0.2, 0.25) is 0 Å². The minimum atomic E-state index is -3.69. The highest BCUT2D eigenvalue weighted by Gasteiger charge is 2.43. The Hall–Kier alpha value is -1.97. The van der Waals surface area contributed by atoms with Crippen LogP contribution >= 0.6 is 0 Å². The van der Waals surface area contributed by atoms with Crippen molar-refractivity contribution in [3.05, 3.63) is 39.0 Å². The number of fused-ring (bicyclic) bond motifs is 3.